The van der Waals surface area contributed by atoms with Crippen molar-refractivity contribution in [2.45, 2.75) is 0 Å². The number of nitrogens with one attached hydrogen (secondary N) is 1. The standard InChI is InChI=1S/C8H8Br2N2OS/c1-13-6-3-4(9)2-5(10)7(6)12-8(11)14/h2-3H,1H3,(H3,11,12,14). The molecule has 0 aliphatic heterocycles. The number of hydrogen-bond acceptors (Lipinski definition) is 2. The SMILES string of the molecule is COc1cc(Br)cc(Br)c1NC(N)=S. The number of thiocarbonyl (C=S) groups is 1. The molecule has 0 aromatic heterocycles. The molecule has 1 aromatic carbocycles. The monoisotopic (exact) mass is 338 g/mol. The van der Waals surface area contributed by atoms with Crippen LogP contribution in [-0.2, 0) is 0 Å². The van der Waals surface area contributed by atoms with Crippen molar-refractivity contribution in [1.29, 1.82) is 0 Å². The van der Waals surface area contributed by atoms with Gasteiger partial charge in [0.2, 0.25) is 0 Å². The quantitative estimate of drug-likeness (QED) is 0.813. The number of nitrogens with two attached hydrogens (primary N) is 1. The van der Waals surface area contributed by atoms with E-state index in [1.54, 1.807) is 7.11 Å². The summed E-state index contributed by atoms with van der Waals surface area (Å²) in [7, 11) is 1.58. The molecule has 0 saturated carbocycles. The molecule has 0 amide bonds. The molecule has 1 rings (SSSR count). The van der Waals surface area contributed by atoms with E-state index >= 15 is 0 Å². The minimum absolute atomic E-state index is 0.200. The highest BCUT2D eigenvalue weighted by Gasteiger charge is 2.09. The molecule has 0 bridgehead atoms. The van der Waals surface area contributed by atoms with Crippen molar-refractivity contribution in [3.05, 3.63) is 21.1 Å². The van der Waals surface area contributed by atoms with Crippen molar-refractivity contribution in [2.75, 3.05) is 12.4 Å². The van der Waals surface area contributed by atoms with Gasteiger partial charge in [-0.1, -0.05) is 15.9 Å². The van der Waals surface area contributed by atoms with Gasteiger partial charge in [0, 0.05) is 8.95 Å². The minimum Gasteiger partial charge on any atom is -0.494 e. The van der Waals surface area contributed by atoms with Crippen molar-refractivity contribution in [3.8, 4) is 5.75 Å². The molecule has 0 saturated heterocycles. The number of halogens is 2. The summed E-state index contributed by atoms with van der Waals surface area (Å²) in [5, 5.41) is 3.04. The Labute approximate surface area is 104 Å². The van der Waals surface area contributed by atoms with Gasteiger partial charge < -0.3 is 15.8 Å². The van der Waals surface area contributed by atoms with Crippen molar-refractivity contribution in [3.63, 3.8) is 0 Å². The molecule has 3 nitrogen and oxygen atoms in total. The van der Waals surface area contributed by atoms with Crippen molar-refractivity contribution < 1.29 is 4.74 Å². The first-order chi connectivity index (χ1) is 6.54. The lowest BCUT2D eigenvalue weighted by molar-refractivity contribution is 0.416. The van der Waals surface area contributed by atoms with Crippen LogP contribution >= 0.6 is 44.1 Å². The Hall–Kier alpha value is -0.330. The molecular formula is C8H8Br2N2OS. The average Bonchev–Trinajstić information content (AvgIpc) is 2.08. The van der Waals surface area contributed by atoms with Gasteiger partial charge in [-0.05, 0) is 40.3 Å². The molecule has 0 atom stereocenters. The summed E-state index contributed by atoms with van der Waals surface area (Å²) in [6.45, 7) is 0. The van der Waals surface area contributed by atoms with Crippen LogP contribution in [-0.4, -0.2) is 12.2 Å². The zero-order valence-electron chi connectivity index (χ0n) is 7.30. The first-order valence-corrected chi connectivity index (χ1v) is 5.63. The maximum absolute atomic E-state index is 5.39. The van der Waals surface area contributed by atoms with Gasteiger partial charge in [0.15, 0.2) is 5.11 Å². The molecule has 0 heterocycles. The predicted octanol–water partition coefficient (Wildman–Crippen LogP) is 2.88. The molecule has 0 aliphatic rings. The molecule has 14 heavy (non-hydrogen) atoms. The fraction of sp³-hybridized carbons (Fsp3) is 0.125. The van der Waals surface area contributed by atoms with E-state index < -0.39 is 0 Å². The Bertz CT molecular complexity index is 371. The van der Waals surface area contributed by atoms with Crippen LogP contribution in [0.2, 0.25) is 0 Å². The van der Waals surface area contributed by atoms with Crippen LogP contribution in [0.3, 0.4) is 0 Å². The molecule has 0 aliphatic carbocycles. The van der Waals surface area contributed by atoms with Gasteiger partial charge in [0.25, 0.3) is 0 Å². The van der Waals surface area contributed by atoms with Crippen molar-refractivity contribution >= 4 is 54.9 Å². The number of benzene rings is 1. The zero-order valence-corrected chi connectivity index (χ0v) is 11.3. The topological polar surface area (TPSA) is 47.3 Å². The predicted molar refractivity (Wildman–Crippen MR) is 68.8 cm³/mol. The highest BCUT2D eigenvalue weighted by Crippen LogP contribution is 2.35. The van der Waals surface area contributed by atoms with Crippen LogP contribution in [0.4, 0.5) is 5.69 Å². The fourth-order valence-corrected chi connectivity index (χ4v) is 2.34. The number of rotatable bonds is 2. The van der Waals surface area contributed by atoms with Crippen LogP contribution in [0.5, 0.6) is 5.75 Å². The number of hydrogen-bond donors (Lipinski definition) is 2. The van der Waals surface area contributed by atoms with E-state index in [2.05, 4.69) is 37.2 Å². The number of ether oxygens (including phenoxy) is 1. The molecule has 1 aromatic rings. The normalized spacial score (nSPS) is 9.64. The van der Waals surface area contributed by atoms with Crippen LogP contribution in [0.15, 0.2) is 21.1 Å². The summed E-state index contributed by atoms with van der Waals surface area (Å²) in [5.74, 6) is 0.666. The molecule has 0 fully saturated rings. The van der Waals surface area contributed by atoms with E-state index in [0.717, 1.165) is 14.6 Å². The molecule has 0 radical (unpaired) electrons. The third-order valence-electron chi connectivity index (χ3n) is 1.49. The van der Waals surface area contributed by atoms with Gasteiger partial charge in [-0.2, -0.15) is 0 Å². The van der Waals surface area contributed by atoms with E-state index in [4.69, 9.17) is 22.7 Å². The Morgan fingerprint density at radius 1 is 1.50 bits per heavy atom. The second-order valence-corrected chi connectivity index (χ2v) is 4.66. The number of methoxy groups -OCH3 is 1. The fourth-order valence-electron chi connectivity index (χ4n) is 0.955. The summed E-state index contributed by atoms with van der Waals surface area (Å²) in [4.78, 5) is 0. The largest absolute Gasteiger partial charge is 0.494 e. The minimum atomic E-state index is 0.200. The third-order valence-corrected chi connectivity index (χ3v) is 2.67. The van der Waals surface area contributed by atoms with Crippen LogP contribution in [0.1, 0.15) is 0 Å². The van der Waals surface area contributed by atoms with Gasteiger partial charge >= 0.3 is 0 Å². The van der Waals surface area contributed by atoms with E-state index in [1.165, 1.54) is 0 Å². The van der Waals surface area contributed by atoms with Crippen LogP contribution < -0.4 is 15.8 Å². The zero-order chi connectivity index (χ0) is 10.7. The van der Waals surface area contributed by atoms with Crippen LogP contribution in [0.25, 0.3) is 0 Å². The Kier molecular flexibility index (Phi) is 4.15. The molecule has 3 N–H and O–H groups in total. The molecular weight excluding hydrogens is 332 g/mol. The van der Waals surface area contributed by atoms with Crippen LogP contribution in [0, 0.1) is 0 Å². The summed E-state index contributed by atoms with van der Waals surface area (Å²) in [5.41, 5.74) is 6.11. The van der Waals surface area contributed by atoms with E-state index in [-0.39, 0.29) is 5.11 Å². The average molecular weight is 340 g/mol. The molecule has 76 valence electrons. The maximum atomic E-state index is 5.39. The lowest BCUT2D eigenvalue weighted by atomic mass is 10.3. The summed E-state index contributed by atoms with van der Waals surface area (Å²) in [6.07, 6.45) is 0. The van der Waals surface area contributed by atoms with E-state index in [9.17, 15) is 0 Å². The Morgan fingerprint density at radius 3 is 2.64 bits per heavy atom. The number of anilines is 1. The van der Waals surface area contributed by atoms with E-state index in [0.29, 0.717) is 5.75 Å². The molecule has 0 unspecified atom stereocenters. The first-order valence-electron chi connectivity index (χ1n) is 3.64. The highest BCUT2D eigenvalue weighted by atomic mass is 79.9. The Morgan fingerprint density at radius 2 is 2.14 bits per heavy atom. The first kappa shape index (κ1) is 11.7. The van der Waals surface area contributed by atoms with Gasteiger partial charge in [0.05, 0.1) is 12.8 Å². The van der Waals surface area contributed by atoms with Gasteiger partial charge in [0.1, 0.15) is 5.75 Å². The summed E-state index contributed by atoms with van der Waals surface area (Å²) < 4.78 is 6.91. The Balaban J connectivity index is 3.18. The summed E-state index contributed by atoms with van der Waals surface area (Å²) in [6, 6.07) is 3.70. The van der Waals surface area contributed by atoms with Gasteiger partial charge in [-0.15, -0.1) is 0 Å². The van der Waals surface area contributed by atoms with Crippen molar-refractivity contribution in [1.82, 2.24) is 0 Å². The third kappa shape index (κ3) is 2.83. The lowest BCUT2D eigenvalue weighted by Gasteiger charge is -2.12. The van der Waals surface area contributed by atoms with E-state index in [1.807, 2.05) is 12.1 Å². The lowest BCUT2D eigenvalue weighted by Crippen LogP contribution is -2.19. The van der Waals surface area contributed by atoms with Crippen molar-refractivity contribution in [2.24, 2.45) is 5.73 Å². The maximum Gasteiger partial charge on any atom is 0.168 e. The second kappa shape index (κ2) is 4.95. The van der Waals surface area contributed by atoms with Gasteiger partial charge in [-0.25, -0.2) is 0 Å². The van der Waals surface area contributed by atoms with Gasteiger partial charge in [-0.3, -0.25) is 0 Å². The summed E-state index contributed by atoms with van der Waals surface area (Å²) >= 11 is 11.5. The molecule has 6 heteroatoms. The molecule has 0 spiro atoms. The second-order valence-electron chi connectivity index (χ2n) is 2.45. The smallest absolute Gasteiger partial charge is 0.168 e. The highest BCUT2D eigenvalue weighted by molar-refractivity contribution is 9.11.